The molecule has 2 aliphatic rings. The van der Waals surface area contributed by atoms with Crippen LogP contribution in [-0.4, -0.2) is 77.2 Å². The van der Waals surface area contributed by atoms with Crippen LogP contribution < -0.4 is 15.8 Å². The lowest BCUT2D eigenvalue weighted by Gasteiger charge is -2.22. The Kier molecular flexibility index (Phi) is 6.27. The average molecular weight is 464 g/mol. The summed E-state index contributed by atoms with van der Waals surface area (Å²) in [5, 5.41) is 3.05. The summed E-state index contributed by atoms with van der Waals surface area (Å²) in [6.45, 7) is 2.13. The minimum Gasteiger partial charge on any atom is -0.491 e. The second kappa shape index (κ2) is 9.14. The van der Waals surface area contributed by atoms with E-state index in [4.69, 9.17) is 19.9 Å². The zero-order chi connectivity index (χ0) is 23.7. The van der Waals surface area contributed by atoms with Gasteiger partial charge < -0.3 is 29.8 Å². The van der Waals surface area contributed by atoms with E-state index in [1.807, 2.05) is 0 Å². The fourth-order valence-electron chi connectivity index (χ4n) is 3.85. The van der Waals surface area contributed by atoms with Crippen molar-refractivity contribution < 1.29 is 37.2 Å². The van der Waals surface area contributed by atoms with Crippen molar-refractivity contribution in [1.29, 1.82) is 0 Å². The Hall–Kier alpha value is -3.54. The van der Waals surface area contributed by atoms with Crippen molar-refractivity contribution in [1.82, 2.24) is 9.55 Å². The molecule has 33 heavy (non-hydrogen) atoms. The zero-order valence-electron chi connectivity index (χ0n) is 18.0. The number of nitrogens with one attached hydrogen (secondary N) is 1. The number of benzene rings is 1. The van der Waals surface area contributed by atoms with Crippen LogP contribution in [-0.2, 0) is 25.6 Å². The molecule has 176 valence electrons. The first kappa shape index (κ1) is 22.6. The van der Waals surface area contributed by atoms with Crippen LogP contribution in [0.1, 0.15) is 6.92 Å². The summed E-state index contributed by atoms with van der Waals surface area (Å²) < 4.78 is 46.1. The van der Waals surface area contributed by atoms with E-state index in [1.165, 1.54) is 7.11 Å². The van der Waals surface area contributed by atoms with Gasteiger partial charge in [-0.3, -0.25) is 9.59 Å². The van der Waals surface area contributed by atoms with E-state index >= 15 is 0 Å². The van der Waals surface area contributed by atoms with Gasteiger partial charge in [0.15, 0.2) is 6.04 Å². The maximum Gasteiger partial charge on any atom is 0.345 e. The molecule has 4 rings (SSSR count). The summed E-state index contributed by atoms with van der Waals surface area (Å²) in [5.74, 6) is 0.406. The fourth-order valence-corrected chi connectivity index (χ4v) is 3.85. The summed E-state index contributed by atoms with van der Waals surface area (Å²) in [7, 11) is 1.48. The van der Waals surface area contributed by atoms with E-state index in [9.17, 15) is 18.4 Å². The molecular weight excluding hydrogens is 440 g/mol. The number of alkyl halides is 2. The lowest BCUT2D eigenvalue weighted by Crippen LogP contribution is -2.44. The maximum absolute atomic E-state index is 13.5. The molecular formula is C21H24F2N5O5+. The molecule has 1 aromatic carbocycles. The molecule has 0 saturated carbocycles. The highest BCUT2D eigenvalue weighted by Gasteiger charge is 2.42. The van der Waals surface area contributed by atoms with E-state index in [-0.39, 0.29) is 18.3 Å². The molecule has 2 aliphatic heterocycles. The molecule has 0 aliphatic carbocycles. The first-order valence-corrected chi connectivity index (χ1v) is 10.3. The molecule has 10 nitrogen and oxygen atoms in total. The maximum atomic E-state index is 13.5. The van der Waals surface area contributed by atoms with Crippen LogP contribution in [0.2, 0.25) is 0 Å². The number of ether oxygens (including phenoxy) is 3. The predicted octanol–water partition coefficient (Wildman–Crippen LogP) is 1.15. The van der Waals surface area contributed by atoms with Crippen molar-refractivity contribution in [3.05, 3.63) is 24.4 Å². The minimum atomic E-state index is -2.72. The number of carbonyl (C=O) groups excluding carboxylic acids is 2. The van der Waals surface area contributed by atoms with Crippen molar-refractivity contribution >= 4 is 29.6 Å². The number of imidazole rings is 1. The van der Waals surface area contributed by atoms with Gasteiger partial charge in [-0.1, -0.05) is 0 Å². The molecule has 3 N–H and O–H groups in total. The molecule has 0 saturated heterocycles. The predicted molar refractivity (Wildman–Crippen MR) is 113 cm³/mol. The number of halogens is 2. The molecule has 0 fully saturated rings. The molecule has 0 radical (unpaired) electrons. The molecule has 0 spiro atoms. The summed E-state index contributed by atoms with van der Waals surface area (Å²) in [6.07, 6.45) is -1.19. The molecule has 0 bridgehead atoms. The van der Waals surface area contributed by atoms with Crippen molar-refractivity contribution in [2.24, 2.45) is 5.73 Å². The standard InChI is InChI=1S/C21H23F2N5O5/c1-11(31-2)18(20(24)30)25-12-3-4-13-15(7-12)32-6-5-27-8-16(26-21(13)27)28-14(19(22)23)10-33-17(28)9-29/h3-4,7-9,11,14,18-19H,5-6,10H2,1-2H3,(H2-,24,25,26,30)/p+1/t11-,14-,18-/m0/s1. The van der Waals surface area contributed by atoms with Gasteiger partial charge in [0.05, 0.1) is 18.2 Å². The summed E-state index contributed by atoms with van der Waals surface area (Å²) in [6, 6.07) is 3.12. The molecule has 1 amide bonds. The molecule has 1 aromatic heterocycles. The molecule has 3 heterocycles. The number of nitrogens with two attached hydrogens (primary N) is 1. The van der Waals surface area contributed by atoms with Crippen molar-refractivity contribution in [3.63, 3.8) is 0 Å². The summed E-state index contributed by atoms with van der Waals surface area (Å²) in [4.78, 5) is 27.7. The third kappa shape index (κ3) is 4.25. The van der Waals surface area contributed by atoms with E-state index in [2.05, 4.69) is 10.3 Å². The van der Waals surface area contributed by atoms with Gasteiger partial charge in [-0.15, -0.1) is 0 Å². The molecule has 0 unspecified atom stereocenters. The van der Waals surface area contributed by atoms with Crippen molar-refractivity contribution in [2.75, 3.05) is 25.6 Å². The van der Waals surface area contributed by atoms with Crippen LogP contribution >= 0.6 is 0 Å². The van der Waals surface area contributed by atoms with Crippen LogP contribution in [0.25, 0.3) is 11.4 Å². The van der Waals surface area contributed by atoms with E-state index in [0.29, 0.717) is 42.3 Å². The number of amides is 1. The van der Waals surface area contributed by atoms with E-state index < -0.39 is 30.5 Å². The Balaban J connectivity index is 1.70. The van der Waals surface area contributed by atoms with Gasteiger partial charge in [0.2, 0.25) is 12.2 Å². The highest BCUT2D eigenvalue weighted by Crippen LogP contribution is 2.36. The fraction of sp³-hybridized carbons (Fsp3) is 0.429. The van der Waals surface area contributed by atoms with Gasteiger partial charge in [-0.2, -0.15) is 4.58 Å². The number of nitrogens with zero attached hydrogens (tertiary/aromatic N) is 3. The largest absolute Gasteiger partial charge is 0.491 e. The highest BCUT2D eigenvalue weighted by molar-refractivity contribution is 6.21. The number of fused-ring (bicyclic) bond motifs is 3. The number of rotatable bonds is 8. The number of aldehydes is 1. The summed E-state index contributed by atoms with van der Waals surface area (Å²) >= 11 is 0. The number of anilines is 1. The van der Waals surface area contributed by atoms with Crippen LogP contribution in [0.5, 0.6) is 5.75 Å². The normalized spacial score (nSPS) is 19.1. The number of hydrogen-bond donors (Lipinski definition) is 2. The molecule has 2 aromatic rings. The number of carbonyl (C=O) groups is 2. The zero-order valence-corrected chi connectivity index (χ0v) is 18.0. The Morgan fingerprint density at radius 2 is 2.21 bits per heavy atom. The van der Waals surface area contributed by atoms with Crippen molar-refractivity contribution in [3.8, 4) is 17.1 Å². The Morgan fingerprint density at radius 1 is 1.42 bits per heavy atom. The number of hydrogen-bond acceptors (Lipinski definition) is 7. The van der Waals surface area contributed by atoms with Crippen molar-refractivity contribution in [2.45, 2.75) is 38.1 Å². The van der Waals surface area contributed by atoms with Gasteiger partial charge in [0.25, 0.3) is 12.2 Å². The van der Waals surface area contributed by atoms with Crippen LogP contribution in [0.15, 0.2) is 24.4 Å². The monoisotopic (exact) mass is 464 g/mol. The second-order valence-electron chi connectivity index (χ2n) is 7.68. The van der Waals surface area contributed by atoms with Crippen LogP contribution in [0, 0.1) is 0 Å². The SMILES string of the molecule is CO[C@@H](C)[C@H](Nc1ccc2c(c1)OCCn1cc([N+]3=C(C=O)OC[C@H]3C(F)F)nc1-2)C(N)=O. The second-order valence-corrected chi connectivity index (χ2v) is 7.68. The highest BCUT2D eigenvalue weighted by atomic mass is 19.3. The van der Waals surface area contributed by atoms with Crippen LogP contribution in [0.3, 0.4) is 0 Å². The third-order valence-corrected chi connectivity index (χ3v) is 5.66. The van der Waals surface area contributed by atoms with Gasteiger partial charge in [0.1, 0.15) is 31.2 Å². The first-order valence-electron chi connectivity index (χ1n) is 10.3. The number of aromatic nitrogens is 2. The lowest BCUT2D eigenvalue weighted by atomic mass is 10.1. The van der Waals surface area contributed by atoms with E-state index in [0.717, 1.165) is 4.58 Å². The lowest BCUT2D eigenvalue weighted by molar-refractivity contribution is -0.492. The quantitative estimate of drug-likeness (QED) is 0.444. The Labute approximate surface area is 187 Å². The smallest absolute Gasteiger partial charge is 0.345 e. The number of methoxy groups -OCH3 is 1. The molecule has 12 heteroatoms. The Morgan fingerprint density at radius 3 is 2.88 bits per heavy atom. The first-order chi connectivity index (χ1) is 15.8. The summed E-state index contributed by atoms with van der Waals surface area (Å²) in [5.41, 5.74) is 6.70. The average Bonchev–Trinajstić information content (AvgIpc) is 3.37. The third-order valence-electron chi connectivity index (χ3n) is 5.66. The topological polar surface area (TPSA) is 121 Å². The Bertz CT molecular complexity index is 1100. The number of primary amides is 1. The van der Waals surface area contributed by atoms with Gasteiger partial charge >= 0.3 is 11.7 Å². The molecule has 3 atom stereocenters. The van der Waals surface area contributed by atoms with Gasteiger partial charge in [-0.05, 0) is 24.0 Å². The van der Waals surface area contributed by atoms with Gasteiger partial charge in [-0.25, -0.2) is 8.78 Å². The minimum absolute atomic E-state index is 0.188. The van der Waals surface area contributed by atoms with Gasteiger partial charge in [0, 0.05) is 18.9 Å². The van der Waals surface area contributed by atoms with Crippen LogP contribution in [0.4, 0.5) is 20.3 Å². The van der Waals surface area contributed by atoms with E-state index in [1.54, 1.807) is 35.9 Å².